The lowest BCUT2D eigenvalue weighted by molar-refractivity contribution is 0.357. The molecule has 148 valence electrons. The Kier molecular flexibility index (Phi) is 5.51. The Labute approximate surface area is 176 Å². The van der Waals surface area contributed by atoms with Gasteiger partial charge in [-0.3, -0.25) is 0 Å². The number of rotatable bonds is 6. The molecule has 7 heteroatoms. The van der Waals surface area contributed by atoms with Gasteiger partial charge >= 0.3 is 0 Å². The van der Waals surface area contributed by atoms with Crippen LogP contribution in [0.3, 0.4) is 0 Å². The van der Waals surface area contributed by atoms with E-state index < -0.39 is 0 Å². The minimum atomic E-state index is 0.177. The zero-order valence-corrected chi connectivity index (χ0v) is 17.7. The lowest BCUT2D eigenvalue weighted by atomic mass is 10.2. The molecule has 0 fully saturated rings. The molecule has 0 radical (unpaired) electrons. The lowest BCUT2D eigenvalue weighted by Gasteiger charge is -1.99. The number of methoxy groups -OCH3 is 1. The number of fused-ring (bicyclic) bond motifs is 2. The molecule has 0 aliphatic rings. The van der Waals surface area contributed by atoms with E-state index in [2.05, 4.69) is 16.0 Å². The molecule has 2 heterocycles. The first-order valence-corrected chi connectivity index (χ1v) is 10.7. The van der Waals surface area contributed by atoms with Crippen molar-refractivity contribution in [1.82, 2.24) is 9.97 Å². The van der Waals surface area contributed by atoms with Crippen molar-refractivity contribution in [1.29, 1.82) is 0 Å². The van der Waals surface area contributed by atoms with Crippen molar-refractivity contribution in [3.63, 3.8) is 0 Å². The van der Waals surface area contributed by atoms with Crippen molar-refractivity contribution >= 4 is 55.3 Å². The Morgan fingerprint density at radius 3 is 2.03 bits per heavy atom. The molecule has 0 unspecified atom stereocenters. The van der Waals surface area contributed by atoms with E-state index in [0.29, 0.717) is 12.8 Å². The van der Waals surface area contributed by atoms with Crippen molar-refractivity contribution in [3.8, 4) is 5.75 Å². The fourth-order valence-electron chi connectivity index (χ4n) is 2.91. The molecule has 0 saturated carbocycles. The molecule has 0 aliphatic carbocycles. The van der Waals surface area contributed by atoms with E-state index in [-0.39, 0.29) is 11.5 Å². The normalized spacial score (nSPS) is 12.8. The van der Waals surface area contributed by atoms with Crippen LogP contribution in [0.1, 0.15) is 28.4 Å². The number of aryl methyl sites for hydroxylation is 1. The van der Waals surface area contributed by atoms with Gasteiger partial charge in [0.15, 0.2) is 0 Å². The third kappa shape index (κ3) is 4.58. The second kappa shape index (κ2) is 8.23. The quantitative estimate of drug-likeness (QED) is 0.346. The fraction of sp³-hybridized carbons (Fsp3) is 0.182. The lowest BCUT2D eigenvalue weighted by Crippen LogP contribution is -1.86. The van der Waals surface area contributed by atoms with Crippen LogP contribution >= 0.6 is 22.7 Å². The number of benzene rings is 2. The van der Waals surface area contributed by atoms with E-state index in [1.165, 1.54) is 28.2 Å². The summed E-state index contributed by atoms with van der Waals surface area (Å²) in [4.78, 5) is 9.01. The van der Waals surface area contributed by atoms with E-state index in [4.69, 9.17) is 4.74 Å². The summed E-state index contributed by atoms with van der Waals surface area (Å²) in [7, 11) is 1.63. The number of aromatic nitrogens is 2. The van der Waals surface area contributed by atoms with Crippen LogP contribution in [0.5, 0.6) is 5.75 Å². The van der Waals surface area contributed by atoms with Crippen molar-refractivity contribution < 1.29 is 14.9 Å². The number of ether oxygens (including phenoxy) is 1. The van der Waals surface area contributed by atoms with Crippen molar-refractivity contribution in [2.24, 2.45) is 0 Å². The molecule has 0 bridgehead atoms. The number of aliphatic hydroxyl groups excluding tert-OH is 2. The van der Waals surface area contributed by atoms with E-state index in [1.807, 2.05) is 37.3 Å². The number of thiazole rings is 2. The zero-order chi connectivity index (χ0) is 20.4. The average Bonchev–Trinajstić information content (AvgIpc) is 3.27. The molecule has 2 aromatic carbocycles. The van der Waals surface area contributed by atoms with Crippen molar-refractivity contribution in [3.05, 3.63) is 63.5 Å². The predicted molar refractivity (Wildman–Crippen MR) is 121 cm³/mol. The third-order valence-corrected chi connectivity index (χ3v) is 6.32. The Hall–Kier alpha value is -2.90. The molecule has 0 spiro atoms. The van der Waals surface area contributed by atoms with Gasteiger partial charge in [-0.15, -0.1) is 22.7 Å². The Balaban J connectivity index is 1.43. The Morgan fingerprint density at radius 2 is 1.45 bits per heavy atom. The van der Waals surface area contributed by atoms with Crippen LogP contribution in [-0.2, 0) is 0 Å². The molecule has 29 heavy (non-hydrogen) atoms. The van der Waals surface area contributed by atoms with E-state index in [1.54, 1.807) is 19.3 Å². The maximum absolute atomic E-state index is 10.2. The minimum absolute atomic E-state index is 0.177. The molecule has 0 saturated heterocycles. The molecule has 2 aromatic heterocycles. The number of aliphatic hydroxyl groups is 2. The molecular weight excluding hydrogens is 404 g/mol. The number of allylic oxidation sites excluding steroid dienone is 2. The molecular formula is C22H20N2O3S2. The van der Waals surface area contributed by atoms with Crippen LogP contribution in [-0.4, -0.2) is 27.3 Å². The highest BCUT2D eigenvalue weighted by Crippen LogP contribution is 2.28. The van der Waals surface area contributed by atoms with E-state index in [9.17, 15) is 10.2 Å². The van der Waals surface area contributed by atoms with Gasteiger partial charge in [-0.05, 0) is 42.8 Å². The fourth-order valence-corrected chi connectivity index (χ4v) is 4.89. The van der Waals surface area contributed by atoms with Gasteiger partial charge in [0, 0.05) is 25.0 Å². The average molecular weight is 425 g/mol. The Morgan fingerprint density at radius 1 is 0.897 bits per heavy atom. The second-order valence-electron chi connectivity index (χ2n) is 6.68. The zero-order valence-electron chi connectivity index (χ0n) is 16.0. The van der Waals surface area contributed by atoms with E-state index in [0.717, 1.165) is 36.2 Å². The molecule has 0 atom stereocenters. The summed E-state index contributed by atoms with van der Waals surface area (Å²) in [6, 6.07) is 11.8. The molecule has 0 aliphatic heterocycles. The number of hydrogen-bond acceptors (Lipinski definition) is 7. The number of hydrogen-bond donors (Lipinski definition) is 2. The van der Waals surface area contributed by atoms with Gasteiger partial charge in [0.2, 0.25) is 0 Å². The molecule has 5 nitrogen and oxygen atoms in total. The smallest absolute Gasteiger partial charge is 0.120 e. The molecule has 4 aromatic rings. The van der Waals surface area contributed by atoms with Crippen LogP contribution in [0.2, 0.25) is 0 Å². The first-order chi connectivity index (χ1) is 14.0. The summed E-state index contributed by atoms with van der Waals surface area (Å²) < 4.78 is 7.32. The minimum Gasteiger partial charge on any atom is -0.512 e. The van der Waals surface area contributed by atoms with Gasteiger partial charge in [-0.2, -0.15) is 0 Å². The first kappa shape index (κ1) is 19.4. The molecule has 0 amide bonds. The monoisotopic (exact) mass is 424 g/mol. The van der Waals surface area contributed by atoms with Crippen LogP contribution in [0, 0.1) is 6.92 Å². The van der Waals surface area contributed by atoms with Gasteiger partial charge in [-0.1, -0.05) is 6.07 Å². The molecule has 4 rings (SSSR count). The van der Waals surface area contributed by atoms with Crippen molar-refractivity contribution in [2.75, 3.05) is 7.11 Å². The Bertz CT molecular complexity index is 1240. The van der Waals surface area contributed by atoms with Crippen LogP contribution in [0.25, 0.3) is 32.6 Å². The highest BCUT2D eigenvalue weighted by molar-refractivity contribution is 7.19. The summed E-state index contributed by atoms with van der Waals surface area (Å²) in [6.45, 7) is 2.04. The van der Waals surface area contributed by atoms with Gasteiger partial charge in [0.25, 0.3) is 0 Å². The van der Waals surface area contributed by atoms with Crippen LogP contribution in [0.4, 0.5) is 0 Å². The van der Waals surface area contributed by atoms with Crippen LogP contribution in [0.15, 0.2) is 47.9 Å². The van der Waals surface area contributed by atoms with Gasteiger partial charge < -0.3 is 14.9 Å². The maximum Gasteiger partial charge on any atom is 0.120 e. The predicted octanol–water partition coefficient (Wildman–Crippen LogP) is 6.50. The SMILES string of the molecule is COc1ccc2nc(C=C(O)CCC(O)=Cc3nc4ccc(C)cc4s3)sc2c1. The summed E-state index contributed by atoms with van der Waals surface area (Å²) in [5.74, 6) is 1.15. The van der Waals surface area contributed by atoms with Crippen molar-refractivity contribution in [2.45, 2.75) is 19.8 Å². The van der Waals surface area contributed by atoms with Gasteiger partial charge in [0.05, 0.1) is 39.1 Å². The highest BCUT2D eigenvalue weighted by atomic mass is 32.1. The highest BCUT2D eigenvalue weighted by Gasteiger charge is 2.07. The second-order valence-corrected chi connectivity index (χ2v) is 8.80. The largest absolute Gasteiger partial charge is 0.512 e. The van der Waals surface area contributed by atoms with Gasteiger partial charge in [0.1, 0.15) is 15.8 Å². The summed E-state index contributed by atoms with van der Waals surface area (Å²) in [5.41, 5.74) is 2.97. The first-order valence-electron chi connectivity index (χ1n) is 9.11. The van der Waals surface area contributed by atoms with E-state index >= 15 is 0 Å². The summed E-state index contributed by atoms with van der Waals surface area (Å²) in [6.07, 6.45) is 3.96. The number of nitrogens with zero attached hydrogens (tertiary/aromatic N) is 2. The third-order valence-electron chi connectivity index (χ3n) is 4.39. The summed E-state index contributed by atoms with van der Waals surface area (Å²) in [5, 5.41) is 21.9. The molecule has 2 N–H and O–H groups in total. The topological polar surface area (TPSA) is 75.5 Å². The summed E-state index contributed by atoms with van der Waals surface area (Å²) >= 11 is 3.02. The maximum atomic E-state index is 10.2. The van der Waals surface area contributed by atoms with Gasteiger partial charge in [-0.25, -0.2) is 9.97 Å². The van der Waals surface area contributed by atoms with Crippen LogP contribution < -0.4 is 4.74 Å². The standard InChI is InChI=1S/C22H20N2O3S2/c1-13-3-7-17-19(9-13)28-21(23-17)10-14(25)4-5-15(26)11-22-24-18-8-6-16(27-2)12-20(18)29-22/h3,6-12,25-26H,4-5H2,1-2H3.